The van der Waals surface area contributed by atoms with E-state index in [1.807, 2.05) is 31.2 Å². The first-order chi connectivity index (χ1) is 9.11. The van der Waals surface area contributed by atoms with Crippen molar-refractivity contribution in [1.82, 2.24) is 0 Å². The number of aliphatic carboxylic acids is 1. The van der Waals surface area contributed by atoms with Gasteiger partial charge in [-0.2, -0.15) is 0 Å². The molecule has 0 aromatic heterocycles. The Balaban J connectivity index is 2.00. The molecule has 1 heterocycles. The molecule has 2 rings (SSSR count). The summed E-state index contributed by atoms with van der Waals surface area (Å²) in [5, 5.41) is 8.96. The number of piperidine rings is 1. The maximum atomic E-state index is 11.5. The fraction of sp³-hybridized carbons (Fsp3) is 0.467. The van der Waals surface area contributed by atoms with Gasteiger partial charge in [0.25, 0.3) is 0 Å². The maximum absolute atomic E-state index is 11.5. The Bertz CT molecular complexity index is 459. The Morgan fingerprint density at radius 2 is 1.79 bits per heavy atom. The second-order valence-electron chi connectivity index (χ2n) is 4.92. The molecule has 0 radical (unpaired) electrons. The molecule has 4 heteroatoms. The molecular formula is C15H19NO3. The van der Waals surface area contributed by atoms with Gasteiger partial charge in [-0.05, 0) is 37.1 Å². The van der Waals surface area contributed by atoms with Crippen molar-refractivity contribution in [2.24, 2.45) is 5.92 Å². The van der Waals surface area contributed by atoms with Crippen molar-refractivity contribution in [2.75, 3.05) is 18.0 Å². The number of carboxylic acids is 1. The Morgan fingerprint density at radius 3 is 2.26 bits per heavy atom. The molecule has 0 atom stereocenters. The van der Waals surface area contributed by atoms with Crippen LogP contribution in [0.15, 0.2) is 24.3 Å². The van der Waals surface area contributed by atoms with E-state index in [4.69, 9.17) is 5.11 Å². The monoisotopic (exact) mass is 261 g/mol. The Labute approximate surface area is 113 Å². The van der Waals surface area contributed by atoms with E-state index in [9.17, 15) is 9.59 Å². The van der Waals surface area contributed by atoms with E-state index in [1.165, 1.54) is 0 Å². The lowest BCUT2D eigenvalue weighted by Gasteiger charge is -2.32. The number of Topliss-reactive ketones (excluding diaryl/α,β-unsaturated/α-hetero) is 1. The molecule has 1 N–H and O–H groups in total. The minimum Gasteiger partial charge on any atom is -0.481 e. The molecule has 1 aromatic rings. The summed E-state index contributed by atoms with van der Waals surface area (Å²) in [6.45, 7) is 3.38. The van der Waals surface area contributed by atoms with E-state index in [2.05, 4.69) is 4.90 Å². The van der Waals surface area contributed by atoms with E-state index in [-0.39, 0.29) is 11.7 Å². The van der Waals surface area contributed by atoms with Crippen LogP contribution in [-0.2, 0) is 4.79 Å². The molecular weight excluding hydrogens is 242 g/mol. The number of nitrogens with zero attached hydrogens (tertiary/aromatic N) is 1. The SMILES string of the molecule is CCC(=O)c1ccc(N2CCC(C(=O)O)CC2)cc1. The van der Waals surface area contributed by atoms with Gasteiger partial charge in [-0.1, -0.05) is 6.92 Å². The topological polar surface area (TPSA) is 57.6 Å². The van der Waals surface area contributed by atoms with Gasteiger partial charge >= 0.3 is 5.97 Å². The fourth-order valence-electron chi connectivity index (χ4n) is 2.45. The van der Waals surface area contributed by atoms with Crippen LogP contribution in [0.4, 0.5) is 5.69 Å². The predicted octanol–water partition coefficient (Wildman–Crippen LogP) is 2.58. The smallest absolute Gasteiger partial charge is 0.306 e. The summed E-state index contributed by atoms with van der Waals surface area (Å²) in [7, 11) is 0. The van der Waals surface area contributed by atoms with Crippen molar-refractivity contribution >= 4 is 17.4 Å². The number of hydrogen-bond donors (Lipinski definition) is 1. The number of anilines is 1. The standard InChI is InChI=1S/C15H19NO3/c1-2-14(17)11-3-5-13(6-4-11)16-9-7-12(8-10-16)15(18)19/h3-6,12H,2,7-10H2,1H3,(H,18,19). The molecule has 1 aliphatic rings. The molecule has 102 valence electrons. The second kappa shape index (κ2) is 5.87. The van der Waals surface area contributed by atoms with Crippen molar-refractivity contribution in [3.05, 3.63) is 29.8 Å². The first-order valence-corrected chi connectivity index (χ1v) is 6.73. The zero-order chi connectivity index (χ0) is 13.8. The molecule has 0 bridgehead atoms. The molecule has 0 spiro atoms. The van der Waals surface area contributed by atoms with E-state index < -0.39 is 5.97 Å². The minimum atomic E-state index is -0.691. The van der Waals surface area contributed by atoms with Gasteiger partial charge in [-0.3, -0.25) is 9.59 Å². The molecule has 1 aromatic carbocycles. The van der Waals surface area contributed by atoms with E-state index in [0.29, 0.717) is 19.3 Å². The van der Waals surface area contributed by atoms with Crippen LogP contribution in [0, 0.1) is 5.92 Å². The van der Waals surface area contributed by atoms with Gasteiger partial charge in [0.1, 0.15) is 0 Å². The average Bonchev–Trinajstić information content (AvgIpc) is 2.46. The Kier molecular flexibility index (Phi) is 4.20. The zero-order valence-electron chi connectivity index (χ0n) is 11.1. The van der Waals surface area contributed by atoms with Crippen LogP contribution in [0.2, 0.25) is 0 Å². The van der Waals surface area contributed by atoms with Crippen LogP contribution in [-0.4, -0.2) is 29.9 Å². The first kappa shape index (κ1) is 13.6. The van der Waals surface area contributed by atoms with Crippen LogP contribution in [0.5, 0.6) is 0 Å². The van der Waals surface area contributed by atoms with Crippen molar-refractivity contribution in [1.29, 1.82) is 0 Å². The average molecular weight is 261 g/mol. The number of ketones is 1. The highest BCUT2D eigenvalue weighted by atomic mass is 16.4. The third-order valence-electron chi connectivity index (χ3n) is 3.72. The summed E-state index contributed by atoms with van der Waals surface area (Å²) in [4.78, 5) is 24.6. The van der Waals surface area contributed by atoms with Crippen LogP contribution in [0.3, 0.4) is 0 Å². The van der Waals surface area contributed by atoms with Crippen LogP contribution < -0.4 is 4.90 Å². The van der Waals surface area contributed by atoms with Gasteiger partial charge in [0.2, 0.25) is 0 Å². The van der Waals surface area contributed by atoms with Crippen molar-refractivity contribution < 1.29 is 14.7 Å². The number of carbonyl (C=O) groups is 2. The largest absolute Gasteiger partial charge is 0.481 e. The summed E-state index contributed by atoms with van der Waals surface area (Å²) in [6.07, 6.45) is 1.89. The van der Waals surface area contributed by atoms with Gasteiger partial charge in [0.15, 0.2) is 5.78 Å². The second-order valence-corrected chi connectivity index (χ2v) is 4.92. The van der Waals surface area contributed by atoms with Crippen LogP contribution in [0.1, 0.15) is 36.5 Å². The lowest BCUT2D eigenvalue weighted by atomic mass is 9.96. The van der Waals surface area contributed by atoms with E-state index >= 15 is 0 Å². The summed E-state index contributed by atoms with van der Waals surface area (Å²) < 4.78 is 0. The third-order valence-corrected chi connectivity index (χ3v) is 3.72. The molecule has 1 saturated heterocycles. The minimum absolute atomic E-state index is 0.149. The Morgan fingerprint density at radius 1 is 1.21 bits per heavy atom. The zero-order valence-corrected chi connectivity index (χ0v) is 11.1. The van der Waals surface area contributed by atoms with E-state index in [0.717, 1.165) is 24.3 Å². The number of carboxylic acid groups (broad SMARTS) is 1. The number of benzene rings is 1. The highest BCUT2D eigenvalue weighted by molar-refractivity contribution is 5.96. The molecule has 4 nitrogen and oxygen atoms in total. The lowest BCUT2D eigenvalue weighted by Crippen LogP contribution is -2.36. The molecule has 19 heavy (non-hydrogen) atoms. The van der Waals surface area contributed by atoms with Crippen LogP contribution >= 0.6 is 0 Å². The quantitative estimate of drug-likeness (QED) is 0.846. The summed E-state index contributed by atoms with van der Waals surface area (Å²) in [6, 6.07) is 7.60. The van der Waals surface area contributed by atoms with Gasteiger partial charge in [-0.25, -0.2) is 0 Å². The van der Waals surface area contributed by atoms with Crippen LogP contribution in [0.25, 0.3) is 0 Å². The molecule has 1 fully saturated rings. The Hall–Kier alpha value is -1.84. The fourth-order valence-corrected chi connectivity index (χ4v) is 2.45. The summed E-state index contributed by atoms with van der Waals surface area (Å²) in [5.74, 6) is -0.753. The summed E-state index contributed by atoms with van der Waals surface area (Å²) >= 11 is 0. The normalized spacial score (nSPS) is 16.4. The van der Waals surface area contributed by atoms with Gasteiger partial charge < -0.3 is 10.0 Å². The molecule has 0 amide bonds. The van der Waals surface area contributed by atoms with Crippen molar-refractivity contribution in [2.45, 2.75) is 26.2 Å². The molecule has 1 aliphatic heterocycles. The maximum Gasteiger partial charge on any atom is 0.306 e. The van der Waals surface area contributed by atoms with Gasteiger partial charge in [0.05, 0.1) is 5.92 Å². The van der Waals surface area contributed by atoms with Gasteiger partial charge in [-0.15, -0.1) is 0 Å². The predicted molar refractivity (Wildman–Crippen MR) is 73.6 cm³/mol. The van der Waals surface area contributed by atoms with Gasteiger partial charge in [0, 0.05) is 30.8 Å². The number of rotatable bonds is 4. The third kappa shape index (κ3) is 3.13. The molecule has 0 aliphatic carbocycles. The highest BCUT2D eigenvalue weighted by Gasteiger charge is 2.24. The number of hydrogen-bond acceptors (Lipinski definition) is 3. The summed E-state index contributed by atoms with van der Waals surface area (Å²) in [5.41, 5.74) is 1.81. The number of carbonyl (C=O) groups excluding carboxylic acids is 1. The highest BCUT2D eigenvalue weighted by Crippen LogP contribution is 2.23. The van der Waals surface area contributed by atoms with Crippen molar-refractivity contribution in [3.63, 3.8) is 0 Å². The van der Waals surface area contributed by atoms with Crippen molar-refractivity contribution in [3.8, 4) is 0 Å². The first-order valence-electron chi connectivity index (χ1n) is 6.73. The van der Waals surface area contributed by atoms with E-state index in [1.54, 1.807) is 0 Å². The molecule has 0 unspecified atom stereocenters. The molecule has 0 saturated carbocycles. The lowest BCUT2D eigenvalue weighted by molar-refractivity contribution is -0.142.